The van der Waals surface area contributed by atoms with Crippen LogP contribution in [0.15, 0.2) is 27.2 Å². The molecule has 16 heavy (non-hydrogen) atoms. The summed E-state index contributed by atoms with van der Waals surface area (Å²) in [6, 6.07) is 4.21. The first-order chi connectivity index (χ1) is 7.65. The quantitative estimate of drug-likeness (QED) is 0.871. The number of rotatable bonds is 3. The van der Waals surface area contributed by atoms with Crippen LogP contribution in [0.2, 0.25) is 0 Å². The van der Waals surface area contributed by atoms with Crippen LogP contribution in [0.4, 0.5) is 4.39 Å². The van der Waals surface area contributed by atoms with E-state index in [1.54, 1.807) is 13.0 Å². The van der Waals surface area contributed by atoms with Crippen LogP contribution in [0.25, 0.3) is 0 Å². The molecule has 0 fully saturated rings. The van der Waals surface area contributed by atoms with Crippen molar-refractivity contribution in [3.05, 3.63) is 40.2 Å². The van der Waals surface area contributed by atoms with Crippen LogP contribution in [0.5, 0.6) is 5.75 Å². The van der Waals surface area contributed by atoms with E-state index in [2.05, 4.69) is 26.1 Å². The Bertz CT molecular complexity index is 501. The standard InChI is InChI=1S/C10H8BrFN2O2/c1-6-13-10(14-16-6)5-15-9-4-7(12)2-3-8(9)11/h2-4H,5H2,1H3. The molecule has 0 unspecified atom stereocenters. The molecular weight excluding hydrogens is 279 g/mol. The van der Waals surface area contributed by atoms with Gasteiger partial charge in [-0.1, -0.05) is 5.16 Å². The van der Waals surface area contributed by atoms with Crippen molar-refractivity contribution < 1.29 is 13.7 Å². The van der Waals surface area contributed by atoms with Gasteiger partial charge in [-0.2, -0.15) is 4.98 Å². The number of hydrogen-bond donors (Lipinski definition) is 0. The molecule has 2 rings (SSSR count). The van der Waals surface area contributed by atoms with Gasteiger partial charge in [-0.15, -0.1) is 0 Å². The summed E-state index contributed by atoms with van der Waals surface area (Å²) in [5.74, 6) is 0.940. The van der Waals surface area contributed by atoms with E-state index < -0.39 is 0 Å². The van der Waals surface area contributed by atoms with Gasteiger partial charge < -0.3 is 9.26 Å². The largest absolute Gasteiger partial charge is 0.484 e. The molecule has 1 heterocycles. The lowest BCUT2D eigenvalue weighted by molar-refractivity contribution is 0.283. The van der Waals surface area contributed by atoms with Gasteiger partial charge in [0.25, 0.3) is 0 Å². The van der Waals surface area contributed by atoms with E-state index in [4.69, 9.17) is 9.26 Å². The molecule has 4 nitrogen and oxygen atoms in total. The Balaban J connectivity index is 2.07. The second kappa shape index (κ2) is 4.61. The minimum Gasteiger partial charge on any atom is -0.484 e. The summed E-state index contributed by atoms with van der Waals surface area (Å²) in [4.78, 5) is 3.97. The van der Waals surface area contributed by atoms with Crippen LogP contribution in [-0.4, -0.2) is 10.1 Å². The third-order valence-electron chi connectivity index (χ3n) is 1.82. The fourth-order valence-electron chi connectivity index (χ4n) is 1.13. The van der Waals surface area contributed by atoms with Crippen molar-refractivity contribution >= 4 is 15.9 Å². The first kappa shape index (κ1) is 11.1. The zero-order valence-electron chi connectivity index (χ0n) is 8.41. The van der Waals surface area contributed by atoms with Crippen LogP contribution in [-0.2, 0) is 6.61 Å². The topological polar surface area (TPSA) is 48.2 Å². The zero-order chi connectivity index (χ0) is 11.5. The highest BCUT2D eigenvalue weighted by atomic mass is 79.9. The first-order valence-corrected chi connectivity index (χ1v) is 5.31. The van der Waals surface area contributed by atoms with Gasteiger partial charge in [-0.05, 0) is 28.1 Å². The van der Waals surface area contributed by atoms with E-state index in [9.17, 15) is 4.39 Å². The highest BCUT2D eigenvalue weighted by Gasteiger charge is 2.06. The van der Waals surface area contributed by atoms with E-state index in [1.165, 1.54) is 12.1 Å². The Morgan fingerprint density at radius 2 is 2.31 bits per heavy atom. The van der Waals surface area contributed by atoms with Gasteiger partial charge in [0.2, 0.25) is 11.7 Å². The summed E-state index contributed by atoms with van der Waals surface area (Å²) < 4.78 is 23.7. The molecule has 1 aromatic carbocycles. The van der Waals surface area contributed by atoms with Crippen molar-refractivity contribution in [1.82, 2.24) is 10.1 Å². The van der Waals surface area contributed by atoms with Gasteiger partial charge in [-0.25, -0.2) is 4.39 Å². The molecule has 0 atom stereocenters. The highest BCUT2D eigenvalue weighted by molar-refractivity contribution is 9.10. The summed E-state index contributed by atoms with van der Waals surface area (Å²) in [7, 11) is 0. The molecule has 84 valence electrons. The van der Waals surface area contributed by atoms with E-state index in [0.29, 0.717) is 21.9 Å². The highest BCUT2D eigenvalue weighted by Crippen LogP contribution is 2.25. The molecule has 0 N–H and O–H groups in total. The summed E-state index contributed by atoms with van der Waals surface area (Å²) in [6.07, 6.45) is 0. The van der Waals surface area contributed by atoms with Gasteiger partial charge in [0.05, 0.1) is 4.47 Å². The van der Waals surface area contributed by atoms with Gasteiger partial charge in [0.1, 0.15) is 11.6 Å². The fourth-order valence-corrected chi connectivity index (χ4v) is 1.49. The molecule has 2 aromatic rings. The van der Waals surface area contributed by atoms with E-state index >= 15 is 0 Å². The molecule has 6 heteroatoms. The van der Waals surface area contributed by atoms with Crippen LogP contribution < -0.4 is 4.74 Å². The number of nitrogens with zero attached hydrogens (tertiary/aromatic N) is 2. The lowest BCUT2D eigenvalue weighted by Crippen LogP contribution is -1.98. The Hall–Kier alpha value is -1.43. The average Bonchev–Trinajstić information content (AvgIpc) is 2.66. The second-order valence-corrected chi connectivity index (χ2v) is 3.95. The summed E-state index contributed by atoms with van der Waals surface area (Å²) in [5, 5.41) is 3.66. The van der Waals surface area contributed by atoms with Crippen molar-refractivity contribution in [3.8, 4) is 5.75 Å². The second-order valence-electron chi connectivity index (χ2n) is 3.09. The molecule has 0 bridgehead atoms. The minimum absolute atomic E-state index is 0.138. The number of benzene rings is 1. The molecule has 0 saturated heterocycles. The van der Waals surface area contributed by atoms with Gasteiger partial charge >= 0.3 is 0 Å². The molecule has 0 spiro atoms. The molecule has 1 aromatic heterocycles. The van der Waals surface area contributed by atoms with Crippen LogP contribution in [0, 0.1) is 12.7 Å². The zero-order valence-corrected chi connectivity index (χ0v) is 9.99. The fraction of sp³-hybridized carbons (Fsp3) is 0.200. The predicted octanol–water partition coefficient (Wildman–Crippen LogP) is 2.86. The van der Waals surface area contributed by atoms with E-state index in [0.717, 1.165) is 0 Å². The van der Waals surface area contributed by atoms with Crippen molar-refractivity contribution in [2.45, 2.75) is 13.5 Å². The maximum absolute atomic E-state index is 12.9. The minimum atomic E-state index is -0.359. The third kappa shape index (κ3) is 2.57. The number of aryl methyl sites for hydroxylation is 1. The summed E-state index contributed by atoms with van der Waals surface area (Å²) >= 11 is 3.25. The Labute approximate surface area is 99.5 Å². The Morgan fingerprint density at radius 1 is 1.50 bits per heavy atom. The van der Waals surface area contributed by atoms with Gasteiger partial charge in [0, 0.05) is 13.0 Å². The number of ether oxygens (including phenoxy) is 1. The molecule has 0 aliphatic rings. The monoisotopic (exact) mass is 286 g/mol. The van der Waals surface area contributed by atoms with Crippen LogP contribution >= 0.6 is 15.9 Å². The van der Waals surface area contributed by atoms with Crippen molar-refractivity contribution in [3.63, 3.8) is 0 Å². The lowest BCUT2D eigenvalue weighted by atomic mass is 10.3. The molecular formula is C10H8BrFN2O2. The maximum atomic E-state index is 12.9. The number of hydrogen-bond acceptors (Lipinski definition) is 4. The van der Waals surface area contributed by atoms with E-state index in [1.807, 2.05) is 0 Å². The average molecular weight is 287 g/mol. The summed E-state index contributed by atoms with van der Waals surface area (Å²) in [5.41, 5.74) is 0. The summed E-state index contributed by atoms with van der Waals surface area (Å²) in [6.45, 7) is 1.83. The molecule has 0 amide bonds. The lowest BCUT2D eigenvalue weighted by Gasteiger charge is -2.05. The smallest absolute Gasteiger partial charge is 0.223 e. The number of aromatic nitrogens is 2. The molecule has 0 aliphatic carbocycles. The normalized spacial score (nSPS) is 10.4. The van der Waals surface area contributed by atoms with Crippen molar-refractivity contribution in [2.75, 3.05) is 0 Å². The Kier molecular flexibility index (Phi) is 3.19. The molecule has 0 radical (unpaired) electrons. The van der Waals surface area contributed by atoms with Crippen molar-refractivity contribution in [1.29, 1.82) is 0 Å². The van der Waals surface area contributed by atoms with Gasteiger partial charge in [0.15, 0.2) is 6.61 Å². The Morgan fingerprint density at radius 3 is 3.00 bits per heavy atom. The van der Waals surface area contributed by atoms with E-state index in [-0.39, 0.29) is 12.4 Å². The third-order valence-corrected chi connectivity index (χ3v) is 2.47. The molecule has 0 saturated carbocycles. The van der Waals surface area contributed by atoms with Crippen LogP contribution in [0.3, 0.4) is 0 Å². The van der Waals surface area contributed by atoms with Gasteiger partial charge in [-0.3, -0.25) is 0 Å². The maximum Gasteiger partial charge on any atom is 0.223 e. The SMILES string of the molecule is Cc1nc(COc2cc(F)ccc2Br)no1. The van der Waals surface area contributed by atoms with Crippen molar-refractivity contribution in [2.24, 2.45) is 0 Å². The number of halogens is 2. The predicted molar refractivity (Wildman–Crippen MR) is 57.5 cm³/mol. The van der Waals surface area contributed by atoms with Crippen LogP contribution in [0.1, 0.15) is 11.7 Å². The molecule has 0 aliphatic heterocycles. The first-order valence-electron chi connectivity index (χ1n) is 4.52.